The average Bonchev–Trinajstić information content (AvgIpc) is 3.79. The maximum Gasteiger partial charge on any atom is 0.141 e. The molecule has 0 aliphatic rings. The molecule has 2 aromatic heterocycles. The van der Waals surface area contributed by atoms with Crippen molar-refractivity contribution in [1.29, 1.82) is 0 Å². The van der Waals surface area contributed by atoms with E-state index in [9.17, 15) is 4.39 Å². The minimum Gasteiger partial charge on any atom is -0.310 e. The molecular formula is C48H38B7FN2. The molecule has 0 spiro atoms. The van der Waals surface area contributed by atoms with E-state index < -0.39 is 0 Å². The Labute approximate surface area is 345 Å². The average molecular weight is 738 g/mol. The molecule has 0 aliphatic carbocycles. The van der Waals surface area contributed by atoms with Crippen molar-refractivity contribution in [3.05, 3.63) is 151 Å². The van der Waals surface area contributed by atoms with Crippen LogP contribution in [0.25, 0.3) is 88.4 Å². The highest BCUT2D eigenvalue weighted by Gasteiger charge is 2.25. The standard InChI is InChI=1S/C48H38B7FN2/c49-40-36(28-18-23-34-33(24-28)37-32(27-8-3-1-4-9-27)12-7-13-35(37)57(34)30-10-5-2-6-11-30)41(50)45(54)47-38(40)39-42(51)43(52)44(53)46(55)48(39)58(47)31-21-16-26(17-22-31)25-14-19-29(56)20-15-25/h1-24H,49-55H2. The molecule has 10 aromatic rings. The van der Waals surface area contributed by atoms with Crippen LogP contribution in [0.3, 0.4) is 0 Å². The number of hydrogen-bond donors (Lipinski definition) is 0. The van der Waals surface area contributed by atoms with Gasteiger partial charge in [0.05, 0.1) is 11.0 Å². The van der Waals surface area contributed by atoms with Crippen LogP contribution in [0.1, 0.15) is 0 Å². The third-order valence-corrected chi connectivity index (χ3v) is 13.1. The molecule has 2 heterocycles. The van der Waals surface area contributed by atoms with Crippen LogP contribution in [0.4, 0.5) is 4.39 Å². The highest BCUT2D eigenvalue weighted by molar-refractivity contribution is 6.69. The van der Waals surface area contributed by atoms with Crippen molar-refractivity contribution >= 4 is 137 Å². The Morgan fingerprint density at radius 3 is 1.59 bits per heavy atom. The summed E-state index contributed by atoms with van der Waals surface area (Å²) in [5.41, 5.74) is 23.4. The van der Waals surface area contributed by atoms with Crippen molar-refractivity contribution in [3.8, 4) is 44.8 Å². The molecule has 0 amide bonds. The van der Waals surface area contributed by atoms with E-state index >= 15 is 0 Å². The van der Waals surface area contributed by atoms with Crippen molar-refractivity contribution < 1.29 is 4.39 Å². The van der Waals surface area contributed by atoms with Gasteiger partial charge >= 0.3 is 0 Å². The number of halogens is 1. The number of benzene rings is 8. The van der Waals surface area contributed by atoms with Crippen LogP contribution >= 0.6 is 0 Å². The lowest BCUT2D eigenvalue weighted by molar-refractivity contribution is 0.628. The molecule has 10 heteroatoms. The van der Waals surface area contributed by atoms with Gasteiger partial charge in [0.25, 0.3) is 0 Å². The molecule has 2 nitrogen and oxygen atoms in total. The topological polar surface area (TPSA) is 9.86 Å². The zero-order chi connectivity index (χ0) is 40.0. The number of nitrogens with zero attached hydrogens (tertiary/aromatic N) is 2. The third-order valence-electron chi connectivity index (χ3n) is 13.1. The first kappa shape index (κ1) is 36.1. The van der Waals surface area contributed by atoms with Gasteiger partial charge in [-0.05, 0) is 93.4 Å². The Kier molecular flexibility index (Phi) is 8.53. The molecule has 58 heavy (non-hydrogen) atoms. The Balaban J connectivity index is 1.27. The summed E-state index contributed by atoms with van der Waals surface area (Å²) in [5, 5.41) is 5.15. The summed E-state index contributed by atoms with van der Waals surface area (Å²) in [6, 6.07) is 50.9. The smallest absolute Gasteiger partial charge is 0.141 e. The Hall–Kier alpha value is -6.26. The number of para-hydroxylation sites is 1. The zero-order valence-corrected chi connectivity index (χ0v) is 34.1. The van der Waals surface area contributed by atoms with Gasteiger partial charge in [-0.1, -0.05) is 124 Å². The molecule has 0 radical (unpaired) electrons. The fraction of sp³-hybridized carbons (Fsp3) is 0. The van der Waals surface area contributed by atoms with E-state index in [-0.39, 0.29) is 5.82 Å². The predicted octanol–water partition coefficient (Wildman–Crippen LogP) is 0.830. The first-order chi connectivity index (χ1) is 28.1. The van der Waals surface area contributed by atoms with Crippen molar-refractivity contribution in [1.82, 2.24) is 9.13 Å². The second-order valence-electron chi connectivity index (χ2n) is 16.1. The van der Waals surface area contributed by atoms with Crippen LogP contribution in [0.15, 0.2) is 146 Å². The second-order valence-corrected chi connectivity index (χ2v) is 16.1. The first-order valence-corrected chi connectivity index (χ1v) is 20.2. The summed E-state index contributed by atoms with van der Waals surface area (Å²) in [4.78, 5) is 0. The highest BCUT2D eigenvalue weighted by Crippen LogP contribution is 2.40. The number of aromatic nitrogens is 2. The molecule has 0 atom stereocenters. The van der Waals surface area contributed by atoms with Crippen molar-refractivity contribution in [2.45, 2.75) is 0 Å². The molecule has 268 valence electrons. The van der Waals surface area contributed by atoms with Crippen molar-refractivity contribution in [2.24, 2.45) is 0 Å². The summed E-state index contributed by atoms with van der Waals surface area (Å²) in [5.74, 6) is -0.224. The van der Waals surface area contributed by atoms with Gasteiger partial charge in [0, 0.05) is 38.6 Å². The normalized spacial score (nSPS) is 11.7. The van der Waals surface area contributed by atoms with Gasteiger partial charge in [-0.15, -0.1) is 5.46 Å². The maximum atomic E-state index is 13.8. The van der Waals surface area contributed by atoms with Crippen LogP contribution in [-0.4, -0.2) is 64.1 Å². The van der Waals surface area contributed by atoms with Crippen LogP contribution in [0.2, 0.25) is 0 Å². The molecule has 0 N–H and O–H groups in total. The minimum atomic E-state index is -0.224. The van der Waals surface area contributed by atoms with E-state index in [2.05, 4.69) is 185 Å². The maximum absolute atomic E-state index is 13.8. The largest absolute Gasteiger partial charge is 0.310 e. The molecule has 0 bridgehead atoms. The van der Waals surface area contributed by atoms with Crippen LogP contribution < -0.4 is 38.2 Å². The van der Waals surface area contributed by atoms with Crippen LogP contribution in [0, 0.1) is 5.82 Å². The fourth-order valence-electron chi connectivity index (χ4n) is 9.79. The summed E-state index contributed by atoms with van der Waals surface area (Å²) < 4.78 is 18.7. The SMILES string of the molecule is Bc1c(B)c(B)c2c(c1B)c1c(B)c(-c3ccc4c(c3)c3c(-c5ccccc5)cccc3n4-c3ccccc3)c(B)c(B)c1n2-c1ccc(-c2ccc(F)cc2)cc1. The zero-order valence-electron chi connectivity index (χ0n) is 34.1. The first-order valence-electron chi connectivity index (χ1n) is 20.2. The molecular weight excluding hydrogens is 699 g/mol. The summed E-state index contributed by atoms with van der Waals surface area (Å²) in [7, 11) is 16.1. The number of fused-ring (bicyclic) bond motifs is 6. The second kappa shape index (κ2) is 13.7. The van der Waals surface area contributed by atoms with E-state index in [1.165, 1.54) is 116 Å². The number of hydrogen-bond acceptors (Lipinski definition) is 0. The Morgan fingerprint density at radius 1 is 0.362 bits per heavy atom. The predicted molar refractivity (Wildman–Crippen MR) is 269 cm³/mol. The Morgan fingerprint density at radius 2 is 0.914 bits per heavy atom. The van der Waals surface area contributed by atoms with Gasteiger partial charge in [0.1, 0.15) is 60.7 Å². The van der Waals surface area contributed by atoms with Crippen molar-refractivity contribution in [2.75, 3.05) is 0 Å². The monoisotopic (exact) mass is 738 g/mol. The fourth-order valence-corrected chi connectivity index (χ4v) is 9.79. The van der Waals surface area contributed by atoms with Gasteiger partial charge in [-0.3, -0.25) is 0 Å². The molecule has 10 rings (SSSR count). The summed E-state index contributed by atoms with van der Waals surface area (Å²) in [6.07, 6.45) is 0. The quantitative estimate of drug-likeness (QED) is 0.232. The highest BCUT2D eigenvalue weighted by atomic mass is 19.1. The summed E-state index contributed by atoms with van der Waals surface area (Å²) >= 11 is 0. The minimum absolute atomic E-state index is 0.224. The molecule has 8 aromatic carbocycles. The molecule has 0 fully saturated rings. The Bertz CT molecular complexity index is 3280. The van der Waals surface area contributed by atoms with E-state index in [4.69, 9.17) is 0 Å². The van der Waals surface area contributed by atoms with E-state index in [1.54, 1.807) is 0 Å². The van der Waals surface area contributed by atoms with Crippen LogP contribution in [0.5, 0.6) is 0 Å². The van der Waals surface area contributed by atoms with Crippen molar-refractivity contribution in [3.63, 3.8) is 0 Å². The molecule has 0 aliphatic heterocycles. The third kappa shape index (κ3) is 5.34. The van der Waals surface area contributed by atoms with E-state index in [1.807, 2.05) is 12.1 Å². The molecule has 0 saturated heterocycles. The lowest BCUT2D eigenvalue weighted by Gasteiger charge is -2.19. The van der Waals surface area contributed by atoms with Gasteiger partial charge in [0.2, 0.25) is 0 Å². The van der Waals surface area contributed by atoms with Crippen LogP contribution in [-0.2, 0) is 0 Å². The van der Waals surface area contributed by atoms with Gasteiger partial charge in [-0.2, -0.15) is 0 Å². The summed E-state index contributed by atoms with van der Waals surface area (Å²) in [6.45, 7) is 0. The van der Waals surface area contributed by atoms with E-state index in [0.29, 0.717) is 0 Å². The number of rotatable bonds is 5. The molecule has 0 unspecified atom stereocenters. The van der Waals surface area contributed by atoms with Gasteiger partial charge in [0.15, 0.2) is 0 Å². The van der Waals surface area contributed by atoms with E-state index in [0.717, 1.165) is 22.5 Å². The van der Waals surface area contributed by atoms with Gasteiger partial charge in [-0.25, -0.2) is 4.39 Å². The lowest BCUT2D eigenvalue weighted by Crippen LogP contribution is -2.48. The lowest BCUT2D eigenvalue weighted by atomic mass is 9.64. The van der Waals surface area contributed by atoms with Gasteiger partial charge < -0.3 is 9.13 Å². The molecule has 0 saturated carbocycles.